The van der Waals surface area contributed by atoms with Gasteiger partial charge in [-0.05, 0) is 45.4 Å². The standard InChI is InChI=1S/C20H31N5O/c1-4-17-11-19(25-20(21-17)14(2)15(3)22-25)24-9-8-23(12-16-5-6-16)18(13-24)7-10-26/h11,16,18,26H,4-10,12-13H2,1-3H3/t18-/m1/s1. The van der Waals surface area contributed by atoms with Gasteiger partial charge in [0.05, 0.1) is 5.69 Å². The van der Waals surface area contributed by atoms with Gasteiger partial charge < -0.3 is 10.0 Å². The van der Waals surface area contributed by atoms with Crippen LogP contribution in [-0.2, 0) is 6.42 Å². The first-order valence-electron chi connectivity index (χ1n) is 10.1. The zero-order valence-electron chi connectivity index (χ0n) is 16.3. The molecule has 1 saturated carbocycles. The quantitative estimate of drug-likeness (QED) is 0.859. The molecule has 1 aliphatic heterocycles. The van der Waals surface area contributed by atoms with Crippen molar-refractivity contribution in [2.75, 3.05) is 37.7 Å². The Labute approximate surface area is 155 Å². The van der Waals surface area contributed by atoms with E-state index in [0.29, 0.717) is 6.04 Å². The van der Waals surface area contributed by atoms with Crippen LogP contribution in [0.25, 0.3) is 5.65 Å². The molecule has 0 unspecified atom stereocenters. The minimum atomic E-state index is 0.256. The summed E-state index contributed by atoms with van der Waals surface area (Å²) in [4.78, 5) is 9.86. The lowest BCUT2D eigenvalue weighted by Gasteiger charge is -2.42. The highest BCUT2D eigenvalue weighted by molar-refractivity contribution is 5.57. The van der Waals surface area contributed by atoms with Gasteiger partial charge in [-0.3, -0.25) is 4.90 Å². The summed E-state index contributed by atoms with van der Waals surface area (Å²) in [5.41, 5.74) is 4.32. The molecule has 2 aromatic heterocycles. The Balaban J connectivity index is 1.65. The number of nitrogens with zero attached hydrogens (tertiary/aromatic N) is 5. The molecule has 6 nitrogen and oxygen atoms in total. The van der Waals surface area contributed by atoms with E-state index in [1.165, 1.54) is 24.9 Å². The lowest BCUT2D eigenvalue weighted by atomic mass is 10.1. The highest BCUT2D eigenvalue weighted by Gasteiger charge is 2.32. The van der Waals surface area contributed by atoms with Crippen LogP contribution in [0.4, 0.5) is 5.82 Å². The van der Waals surface area contributed by atoms with Crippen LogP contribution in [0.2, 0.25) is 0 Å². The van der Waals surface area contributed by atoms with E-state index in [4.69, 9.17) is 10.1 Å². The summed E-state index contributed by atoms with van der Waals surface area (Å²) in [6, 6.07) is 2.62. The average Bonchev–Trinajstić information content (AvgIpc) is 3.42. The second-order valence-electron chi connectivity index (χ2n) is 7.96. The molecule has 0 amide bonds. The number of hydrogen-bond acceptors (Lipinski definition) is 5. The van der Waals surface area contributed by atoms with Crippen LogP contribution >= 0.6 is 0 Å². The Morgan fingerprint density at radius 3 is 2.73 bits per heavy atom. The minimum Gasteiger partial charge on any atom is -0.396 e. The van der Waals surface area contributed by atoms with Crippen molar-refractivity contribution in [3.05, 3.63) is 23.0 Å². The third-order valence-electron chi connectivity index (χ3n) is 6.03. The van der Waals surface area contributed by atoms with Crippen LogP contribution in [0, 0.1) is 19.8 Å². The van der Waals surface area contributed by atoms with Gasteiger partial charge in [0, 0.05) is 56.2 Å². The maximum atomic E-state index is 9.56. The SMILES string of the molecule is CCc1cc(N2CCN(CC3CC3)[C@H](CCO)C2)n2nc(C)c(C)c2n1. The topological polar surface area (TPSA) is 56.9 Å². The Hall–Kier alpha value is -1.66. The van der Waals surface area contributed by atoms with Crippen LogP contribution in [0.1, 0.15) is 43.1 Å². The second-order valence-corrected chi connectivity index (χ2v) is 7.96. The second kappa shape index (κ2) is 7.16. The highest BCUT2D eigenvalue weighted by Crippen LogP contribution is 2.32. The van der Waals surface area contributed by atoms with Gasteiger partial charge in [0.15, 0.2) is 5.65 Å². The van der Waals surface area contributed by atoms with Gasteiger partial charge in [0.2, 0.25) is 0 Å². The first-order valence-corrected chi connectivity index (χ1v) is 10.1. The van der Waals surface area contributed by atoms with Crippen molar-refractivity contribution in [2.24, 2.45) is 5.92 Å². The zero-order valence-corrected chi connectivity index (χ0v) is 16.3. The predicted molar refractivity (Wildman–Crippen MR) is 104 cm³/mol. The summed E-state index contributed by atoms with van der Waals surface area (Å²) in [5.74, 6) is 2.04. The number of fused-ring (bicyclic) bond motifs is 1. The summed E-state index contributed by atoms with van der Waals surface area (Å²) in [6.45, 7) is 10.8. The highest BCUT2D eigenvalue weighted by atomic mass is 16.3. The van der Waals surface area contributed by atoms with Crippen LogP contribution in [0.5, 0.6) is 0 Å². The van der Waals surface area contributed by atoms with Crippen molar-refractivity contribution in [1.29, 1.82) is 0 Å². The summed E-state index contributed by atoms with van der Waals surface area (Å²) in [5, 5.41) is 14.3. The van der Waals surface area contributed by atoms with Crippen molar-refractivity contribution in [2.45, 2.75) is 52.5 Å². The number of anilines is 1. The van der Waals surface area contributed by atoms with Crippen molar-refractivity contribution in [3.8, 4) is 0 Å². The van der Waals surface area contributed by atoms with Crippen LogP contribution in [-0.4, -0.2) is 63.4 Å². The minimum absolute atomic E-state index is 0.256. The Kier molecular flexibility index (Phi) is 4.88. The molecule has 0 spiro atoms. The molecule has 142 valence electrons. The zero-order chi connectivity index (χ0) is 18.3. The van der Waals surface area contributed by atoms with Gasteiger partial charge >= 0.3 is 0 Å². The third-order valence-corrected chi connectivity index (χ3v) is 6.03. The molecule has 2 fully saturated rings. The summed E-state index contributed by atoms with van der Waals surface area (Å²) < 4.78 is 2.02. The number of aryl methyl sites for hydroxylation is 3. The van der Waals surface area contributed by atoms with Crippen LogP contribution < -0.4 is 4.90 Å². The fourth-order valence-corrected chi connectivity index (χ4v) is 4.07. The average molecular weight is 358 g/mol. The summed E-state index contributed by atoms with van der Waals surface area (Å²) in [6.07, 6.45) is 4.52. The predicted octanol–water partition coefficient (Wildman–Crippen LogP) is 2.19. The van der Waals surface area contributed by atoms with Crippen molar-refractivity contribution >= 4 is 11.5 Å². The van der Waals surface area contributed by atoms with Gasteiger partial charge in [-0.15, -0.1) is 0 Å². The van der Waals surface area contributed by atoms with Gasteiger partial charge in [-0.25, -0.2) is 4.98 Å². The van der Waals surface area contributed by atoms with Crippen molar-refractivity contribution in [1.82, 2.24) is 19.5 Å². The maximum Gasteiger partial charge on any atom is 0.160 e. The Morgan fingerprint density at radius 2 is 2.04 bits per heavy atom. The Morgan fingerprint density at radius 1 is 1.23 bits per heavy atom. The largest absolute Gasteiger partial charge is 0.396 e. The monoisotopic (exact) mass is 357 g/mol. The summed E-state index contributed by atoms with van der Waals surface area (Å²) in [7, 11) is 0. The molecule has 0 radical (unpaired) electrons. The maximum absolute atomic E-state index is 9.56. The first kappa shape index (κ1) is 17.7. The van der Waals surface area contributed by atoms with E-state index in [2.05, 4.69) is 36.6 Å². The third kappa shape index (κ3) is 3.32. The van der Waals surface area contributed by atoms with E-state index >= 15 is 0 Å². The fraction of sp³-hybridized carbons (Fsp3) is 0.700. The van der Waals surface area contributed by atoms with Gasteiger partial charge in [-0.2, -0.15) is 9.61 Å². The van der Waals surface area contributed by atoms with E-state index in [1.54, 1.807) is 0 Å². The first-order chi connectivity index (χ1) is 12.6. The molecule has 3 heterocycles. The molecule has 2 aliphatic rings. The van der Waals surface area contributed by atoms with E-state index in [0.717, 1.165) is 61.2 Å². The Bertz CT molecular complexity index is 782. The molecule has 0 bridgehead atoms. The molecule has 6 heteroatoms. The number of aliphatic hydroxyl groups is 1. The number of hydrogen-bond donors (Lipinski definition) is 1. The fourth-order valence-electron chi connectivity index (χ4n) is 4.07. The van der Waals surface area contributed by atoms with Crippen LogP contribution in [0.15, 0.2) is 6.07 Å². The normalized spacial score (nSPS) is 21.7. The number of piperazine rings is 1. The molecular formula is C20H31N5O. The molecule has 1 N–H and O–H groups in total. The number of rotatable bonds is 6. The number of aliphatic hydroxyl groups excluding tert-OH is 1. The van der Waals surface area contributed by atoms with Gasteiger partial charge in [0.1, 0.15) is 5.82 Å². The lowest BCUT2D eigenvalue weighted by Crippen LogP contribution is -2.54. The molecule has 26 heavy (non-hydrogen) atoms. The van der Waals surface area contributed by atoms with Gasteiger partial charge in [0.25, 0.3) is 0 Å². The van der Waals surface area contributed by atoms with E-state index in [1.807, 2.05) is 4.52 Å². The van der Waals surface area contributed by atoms with Crippen LogP contribution in [0.3, 0.4) is 0 Å². The lowest BCUT2D eigenvalue weighted by molar-refractivity contribution is 0.136. The van der Waals surface area contributed by atoms with E-state index in [9.17, 15) is 5.11 Å². The molecule has 1 atom stereocenters. The molecule has 1 aliphatic carbocycles. The van der Waals surface area contributed by atoms with E-state index in [-0.39, 0.29) is 6.61 Å². The molecule has 0 aromatic carbocycles. The molecular weight excluding hydrogens is 326 g/mol. The molecule has 4 rings (SSSR count). The number of aromatic nitrogens is 3. The molecule has 2 aromatic rings. The van der Waals surface area contributed by atoms with Crippen molar-refractivity contribution < 1.29 is 5.11 Å². The van der Waals surface area contributed by atoms with E-state index < -0.39 is 0 Å². The summed E-state index contributed by atoms with van der Waals surface area (Å²) >= 11 is 0. The van der Waals surface area contributed by atoms with Crippen molar-refractivity contribution in [3.63, 3.8) is 0 Å². The smallest absolute Gasteiger partial charge is 0.160 e. The molecule has 1 saturated heterocycles. The van der Waals surface area contributed by atoms with Gasteiger partial charge in [-0.1, -0.05) is 6.92 Å².